The molecule has 2 aromatic heterocycles. The predicted octanol–water partition coefficient (Wildman–Crippen LogP) is 5.71. The number of rotatable bonds is 10. The van der Waals surface area contributed by atoms with Gasteiger partial charge in [0, 0.05) is 17.5 Å². The largest absolute Gasteiger partial charge is 0.376 e. The molecule has 10 heteroatoms. The van der Waals surface area contributed by atoms with Crippen LogP contribution in [0.3, 0.4) is 0 Å². The third kappa shape index (κ3) is 5.68. The van der Waals surface area contributed by atoms with Gasteiger partial charge in [0.2, 0.25) is 12.3 Å². The van der Waals surface area contributed by atoms with E-state index >= 15 is 0 Å². The van der Waals surface area contributed by atoms with Gasteiger partial charge in [0.25, 0.3) is 5.92 Å². The highest BCUT2D eigenvalue weighted by Crippen LogP contribution is 2.42. The van der Waals surface area contributed by atoms with E-state index in [1.54, 1.807) is 12.3 Å². The number of amides is 2. The predicted molar refractivity (Wildman–Crippen MR) is 131 cm³/mol. The van der Waals surface area contributed by atoms with Crippen LogP contribution in [0.15, 0.2) is 24.4 Å². The zero-order chi connectivity index (χ0) is 24.5. The summed E-state index contributed by atoms with van der Waals surface area (Å²) in [6.07, 6.45) is 6.50. The Balaban J connectivity index is 1.51. The standard InChI is InChI=1S/C24H29ClF2N4O2S/c1-14-18(10-17(25)12-28-14)29-15(2)20-7-8-22(34-20)31(13-32)19(9-16-5-3-4-6-16)23(33)30-21-11-24(21,26)27/h7-8,10,12-13,15-16,19,21,29H,3-6,9,11H2,1-2H3,(H,30,33)/t15-,19-,21+/m0/s1. The number of pyridine rings is 1. The fourth-order valence-electron chi connectivity index (χ4n) is 4.50. The average molecular weight is 511 g/mol. The molecule has 2 heterocycles. The number of hydrogen-bond donors (Lipinski definition) is 2. The van der Waals surface area contributed by atoms with Gasteiger partial charge in [0.05, 0.1) is 33.5 Å². The van der Waals surface area contributed by atoms with Crippen LogP contribution in [0.5, 0.6) is 0 Å². The lowest BCUT2D eigenvalue weighted by molar-refractivity contribution is -0.125. The van der Waals surface area contributed by atoms with Gasteiger partial charge in [0.15, 0.2) is 0 Å². The van der Waals surface area contributed by atoms with Gasteiger partial charge in [-0.2, -0.15) is 0 Å². The highest BCUT2D eigenvalue weighted by atomic mass is 35.5. The molecule has 2 saturated carbocycles. The molecule has 0 aliphatic heterocycles. The Bertz CT molecular complexity index is 1040. The van der Waals surface area contributed by atoms with Crippen molar-refractivity contribution in [3.05, 3.63) is 40.0 Å². The normalized spacial score (nSPS) is 21.0. The number of carbonyl (C=O) groups is 2. The van der Waals surface area contributed by atoms with Gasteiger partial charge in [-0.15, -0.1) is 11.3 Å². The number of nitrogens with one attached hydrogen (secondary N) is 2. The molecule has 184 valence electrons. The molecule has 0 aromatic carbocycles. The molecule has 0 radical (unpaired) electrons. The molecule has 2 aliphatic carbocycles. The van der Waals surface area contributed by atoms with Crippen molar-refractivity contribution in [2.75, 3.05) is 10.2 Å². The van der Waals surface area contributed by atoms with Crippen molar-refractivity contribution < 1.29 is 18.4 Å². The van der Waals surface area contributed by atoms with Gasteiger partial charge in [0.1, 0.15) is 6.04 Å². The molecule has 2 N–H and O–H groups in total. The molecule has 3 atom stereocenters. The lowest BCUT2D eigenvalue weighted by Crippen LogP contribution is -2.48. The summed E-state index contributed by atoms with van der Waals surface area (Å²) in [4.78, 5) is 31.8. The third-order valence-electron chi connectivity index (χ3n) is 6.65. The van der Waals surface area contributed by atoms with E-state index in [1.807, 2.05) is 26.0 Å². The average Bonchev–Trinajstić information content (AvgIpc) is 3.22. The molecule has 34 heavy (non-hydrogen) atoms. The molecule has 0 spiro atoms. The van der Waals surface area contributed by atoms with Gasteiger partial charge in [-0.25, -0.2) is 8.78 Å². The number of anilines is 2. The summed E-state index contributed by atoms with van der Waals surface area (Å²) in [5.41, 5.74) is 1.62. The van der Waals surface area contributed by atoms with Gasteiger partial charge >= 0.3 is 0 Å². The summed E-state index contributed by atoms with van der Waals surface area (Å²) >= 11 is 7.46. The van der Waals surface area contributed by atoms with Gasteiger partial charge in [-0.3, -0.25) is 19.5 Å². The molecule has 4 rings (SSSR count). The Morgan fingerprint density at radius 2 is 2.09 bits per heavy atom. The van der Waals surface area contributed by atoms with Crippen molar-refractivity contribution in [1.29, 1.82) is 0 Å². The number of halogens is 3. The van der Waals surface area contributed by atoms with Crippen LogP contribution in [0.25, 0.3) is 0 Å². The first kappa shape index (κ1) is 24.9. The topological polar surface area (TPSA) is 74.3 Å². The Morgan fingerprint density at radius 3 is 2.74 bits per heavy atom. The van der Waals surface area contributed by atoms with Crippen LogP contribution in [0.4, 0.5) is 19.5 Å². The summed E-state index contributed by atoms with van der Waals surface area (Å²) in [5.74, 6) is -3.07. The molecule has 2 aromatic rings. The Labute approximate surface area is 207 Å². The number of hydrogen-bond acceptors (Lipinski definition) is 5. The zero-order valence-electron chi connectivity index (χ0n) is 19.2. The quantitative estimate of drug-likeness (QED) is 0.401. The molecule has 0 unspecified atom stereocenters. The second-order valence-corrected chi connectivity index (χ2v) is 10.8. The van der Waals surface area contributed by atoms with Gasteiger partial charge in [-0.1, -0.05) is 37.3 Å². The van der Waals surface area contributed by atoms with Crippen molar-refractivity contribution in [3.8, 4) is 0 Å². The fourth-order valence-corrected chi connectivity index (χ4v) is 5.68. The molecular formula is C24H29ClF2N4O2S. The van der Waals surface area contributed by atoms with E-state index in [9.17, 15) is 18.4 Å². The molecule has 2 fully saturated rings. The van der Waals surface area contributed by atoms with Crippen LogP contribution >= 0.6 is 22.9 Å². The van der Waals surface area contributed by atoms with Crippen LogP contribution in [0, 0.1) is 12.8 Å². The van der Waals surface area contributed by atoms with Crippen LogP contribution in [-0.2, 0) is 9.59 Å². The molecule has 2 amide bonds. The maximum Gasteiger partial charge on any atom is 0.270 e. The lowest BCUT2D eigenvalue weighted by Gasteiger charge is -2.28. The molecule has 2 aliphatic rings. The third-order valence-corrected chi connectivity index (χ3v) is 8.13. The Morgan fingerprint density at radius 1 is 1.38 bits per heavy atom. The fraction of sp³-hybridized carbons (Fsp3) is 0.542. The van der Waals surface area contributed by atoms with Crippen LogP contribution in [-0.4, -0.2) is 35.3 Å². The number of aromatic nitrogens is 1. The minimum Gasteiger partial charge on any atom is -0.376 e. The second-order valence-electron chi connectivity index (χ2n) is 9.27. The van der Waals surface area contributed by atoms with Crippen LogP contribution < -0.4 is 15.5 Å². The van der Waals surface area contributed by atoms with Crippen molar-refractivity contribution >= 4 is 45.9 Å². The summed E-state index contributed by atoms with van der Waals surface area (Å²) in [5, 5.41) is 6.99. The van der Waals surface area contributed by atoms with Crippen molar-refractivity contribution in [2.45, 2.75) is 76.4 Å². The van der Waals surface area contributed by atoms with E-state index in [1.165, 1.54) is 16.2 Å². The molecule has 6 nitrogen and oxygen atoms in total. The Hall–Kier alpha value is -2.26. The number of carbonyl (C=O) groups excluding carboxylic acids is 2. The van der Waals surface area contributed by atoms with Gasteiger partial charge in [-0.05, 0) is 44.4 Å². The number of alkyl halides is 2. The molecular weight excluding hydrogens is 482 g/mol. The first-order valence-electron chi connectivity index (χ1n) is 11.6. The maximum atomic E-state index is 13.4. The monoisotopic (exact) mass is 510 g/mol. The summed E-state index contributed by atoms with van der Waals surface area (Å²) < 4.78 is 26.9. The van der Waals surface area contributed by atoms with Crippen LogP contribution in [0.2, 0.25) is 5.02 Å². The highest BCUT2D eigenvalue weighted by molar-refractivity contribution is 7.16. The van der Waals surface area contributed by atoms with Crippen molar-refractivity contribution in [1.82, 2.24) is 10.3 Å². The highest BCUT2D eigenvalue weighted by Gasteiger charge is 2.58. The second kappa shape index (κ2) is 10.2. The number of thiophene rings is 1. The lowest BCUT2D eigenvalue weighted by atomic mass is 9.97. The first-order valence-corrected chi connectivity index (χ1v) is 12.8. The van der Waals surface area contributed by atoms with E-state index in [2.05, 4.69) is 15.6 Å². The maximum absolute atomic E-state index is 13.4. The Kier molecular flexibility index (Phi) is 7.42. The SMILES string of the molecule is Cc1ncc(Cl)cc1N[C@@H](C)c1ccc(N(C=O)[C@@H](CC2CCCC2)C(=O)N[C@@H]2CC2(F)F)s1. The zero-order valence-corrected chi connectivity index (χ0v) is 20.8. The van der Waals surface area contributed by atoms with E-state index in [-0.39, 0.29) is 12.5 Å². The molecule has 0 bridgehead atoms. The summed E-state index contributed by atoms with van der Waals surface area (Å²) in [6, 6.07) is 3.46. The number of aryl methyl sites for hydroxylation is 1. The van der Waals surface area contributed by atoms with Crippen molar-refractivity contribution in [3.63, 3.8) is 0 Å². The van der Waals surface area contributed by atoms with E-state index in [0.717, 1.165) is 41.9 Å². The minimum atomic E-state index is -2.86. The summed E-state index contributed by atoms with van der Waals surface area (Å²) in [6.45, 7) is 3.87. The van der Waals surface area contributed by atoms with Crippen molar-refractivity contribution in [2.24, 2.45) is 5.92 Å². The smallest absolute Gasteiger partial charge is 0.270 e. The van der Waals surface area contributed by atoms with E-state index in [4.69, 9.17) is 11.6 Å². The van der Waals surface area contributed by atoms with Gasteiger partial charge < -0.3 is 10.6 Å². The number of nitrogens with zero attached hydrogens (tertiary/aromatic N) is 2. The van der Waals surface area contributed by atoms with E-state index in [0.29, 0.717) is 28.8 Å². The van der Waals surface area contributed by atoms with Crippen LogP contribution in [0.1, 0.15) is 62.1 Å². The molecule has 0 saturated heterocycles. The minimum absolute atomic E-state index is 0.0986. The first-order chi connectivity index (χ1) is 16.2. The van der Waals surface area contributed by atoms with E-state index < -0.39 is 23.9 Å². The summed E-state index contributed by atoms with van der Waals surface area (Å²) in [7, 11) is 0.